The van der Waals surface area contributed by atoms with Crippen LogP contribution in [0.5, 0.6) is 0 Å². The third-order valence-electron chi connectivity index (χ3n) is 2.42. The lowest BCUT2D eigenvalue weighted by Crippen LogP contribution is -2.41. The number of carbonyl (C=O) groups excluding carboxylic acids is 1. The predicted octanol–water partition coefficient (Wildman–Crippen LogP) is -0.334. The second-order valence-electron chi connectivity index (χ2n) is 4.01. The van der Waals surface area contributed by atoms with E-state index in [-0.39, 0.29) is 5.91 Å². The highest BCUT2D eigenvalue weighted by Gasteiger charge is 2.11. The summed E-state index contributed by atoms with van der Waals surface area (Å²) < 4.78 is 4.86. The van der Waals surface area contributed by atoms with E-state index in [0.717, 1.165) is 13.1 Å². The molecule has 0 rings (SSSR count). The number of nitrogens with zero attached hydrogens (tertiary/aromatic N) is 1. The zero-order chi connectivity index (χ0) is 12.4. The van der Waals surface area contributed by atoms with Gasteiger partial charge in [-0.2, -0.15) is 0 Å². The average molecular weight is 231 g/mol. The van der Waals surface area contributed by atoms with Gasteiger partial charge in [0.15, 0.2) is 0 Å². The number of ether oxygens (including phenoxy) is 1. The average Bonchev–Trinajstić information content (AvgIpc) is 2.28. The van der Waals surface area contributed by atoms with Gasteiger partial charge in [0.2, 0.25) is 5.91 Å². The van der Waals surface area contributed by atoms with Crippen LogP contribution in [0.4, 0.5) is 0 Å². The molecule has 0 spiro atoms. The topological polar surface area (TPSA) is 67.6 Å². The molecule has 0 aliphatic carbocycles. The summed E-state index contributed by atoms with van der Waals surface area (Å²) in [7, 11) is 1.62. The van der Waals surface area contributed by atoms with Crippen molar-refractivity contribution in [2.24, 2.45) is 11.7 Å². The first-order valence-corrected chi connectivity index (χ1v) is 5.82. The first-order valence-electron chi connectivity index (χ1n) is 5.82. The number of methoxy groups -OCH3 is 1. The second kappa shape index (κ2) is 9.57. The van der Waals surface area contributed by atoms with Crippen LogP contribution < -0.4 is 11.1 Å². The van der Waals surface area contributed by atoms with E-state index in [1.54, 1.807) is 7.11 Å². The Bertz CT molecular complexity index is 188. The number of carbonyl (C=O) groups is 1. The number of hydrogen-bond acceptors (Lipinski definition) is 4. The van der Waals surface area contributed by atoms with Crippen LogP contribution in [0.15, 0.2) is 0 Å². The maximum atomic E-state index is 11.5. The Kier molecular flexibility index (Phi) is 9.18. The molecule has 0 aromatic rings. The van der Waals surface area contributed by atoms with Crippen LogP contribution in [0, 0.1) is 5.92 Å². The summed E-state index contributed by atoms with van der Waals surface area (Å²) in [4.78, 5) is 13.6. The fourth-order valence-electron chi connectivity index (χ4n) is 1.37. The normalized spacial score (nSPS) is 12.8. The van der Waals surface area contributed by atoms with E-state index in [4.69, 9.17) is 10.5 Å². The van der Waals surface area contributed by atoms with Crippen molar-refractivity contribution in [3.8, 4) is 0 Å². The van der Waals surface area contributed by atoms with E-state index in [9.17, 15) is 4.79 Å². The van der Waals surface area contributed by atoms with Crippen molar-refractivity contribution in [1.82, 2.24) is 10.2 Å². The molecule has 0 saturated heterocycles. The highest BCUT2D eigenvalue weighted by molar-refractivity contribution is 5.77. The lowest BCUT2D eigenvalue weighted by Gasteiger charge is -2.22. The Hall–Kier alpha value is -0.650. The smallest absolute Gasteiger partial charge is 0.234 e. The monoisotopic (exact) mass is 231 g/mol. The molecule has 0 fully saturated rings. The highest BCUT2D eigenvalue weighted by atomic mass is 16.5. The van der Waals surface area contributed by atoms with Crippen LogP contribution in [0.25, 0.3) is 0 Å². The van der Waals surface area contributed by atoms with Gasteiger partial charge in [0, 0.05) is 20.2 Å². The molecule has 3 N–H and O–H groups in total. The quantitative estimate of drug-likeness (QED) is 0.533. The van der Waals surface area contributed by atoms with Gasteiger partial charge < -0.3 is 15.8 Å². The molecule has 0 heterocycles. The van der Waals surface area contributed by atoms with Crippen molar-refractivity contribution in [1.29, 1.82) is 0 Å². The molecule has 5 nitrogen and oxygen atoms in total. The number of hydrogen-bond donors (Lipinski definition) is 2. The molecule has 0 aliphatic rings. The summed E-state index contributed by atoms with van der Waals surface area (Å²) in [6.45, 7) is 8.08. The van der Waals surface area contributed by atoms with Gasteiger partial charge in [-0.1, -0.05) is 13.8 Å². The molecular weight excluding hydrogens is 206 g/mol. The van der Waals surface area contributed by atoms with E-state index in [1.165, 1.54) is 0 Å². The summed E-state index contributed by atoms with van der Waals surface area (Å²) in [6, 6.07) is 0. The minimum atomic E-state index is 0.0446. The zero-order valence-electron chi connectivity index (χ0n) is 10.7. The number of nitrogens with one attached hydrogen (secondary N) is 1. The lowest BCUT2D eigenvalue weighted by atomic mass is 10.1. The zero-order valence-corrected chi connectivity index (χ0v) is 10.7. The van der Waals surface area contributed by atoms with E-state index >= 15 is 0 Å². The van der Waals surface area contributed by atoms with E-state index in [0.29, 0.717) is 32.2 Å². The molecule has 5 heteroatoms. The van der Waals surface area contributed by atoms with Gasteiger partial charge in [0.25, 0.3) is 0 Å². The fourth-order valence-corrected chi connectivity index (χ4v) is 1.37. The maximum Gasteiger partial charge on any atom is 0.234 e. The van der Waals surface area contributed by atoms with Gasteiger partial charge in [-0.15, -0.1) is 0 Å². The van der Waals surface area contributed by atoms with Gasteiger partial charge in [0.1, 0.15) is 0 Å². The summed E-state index contributed by atoms with van der Waals surface area (Å²) in [5, 5.41) is 2.80. The molecule has 0 saturated carbocycles. The van der Waals surface area contributed by atoms with E-state index in [2.05, 4.69) is 17.1 Å². The molecule has 16 heavy (non-hydrogen) atoms. The third-order valence-corrected chi connectivity index (χ3v) is 2.42. The van der Waals surface area contributed by atoms with Crippen LogP contribution in [0.2, 0.25) is 0 Å². The van der Waals surface area contributed by atoms with Crippen LogP contribution in [0.1, 0.15) is 13.8 Å². The largest absolute Gasteiger partial charge is 0.383 e. The maximum absolute atomic E-state index is 11.5. The molecule has 0 radical (unpaired) electrons. The fraction of sp³-hybridized carbons (Fsp3) is 0.909. The lowest BCUT2D eigenvalue weighted by molar-refractivity contribution is -0.122. The Morgan fingerprint density at radius 3 is 2.75 bits per heavy atom. The molecule has 0 aliphatic heterocycles. The van der Waals surface area contributed by atoms with Crippen molar-refractivity contribution in [2.45, 2.75) is 13.8 Å². The summed E-state index contributed by atoms with van der Waals surface area (Å²) in [6.07, 6.45) is 0. The molecule has 1 unspecified atom stereocenters. The number of amides is 1. The molecular formula is C11H25N3O2. The standard InChI is InChI=1S/C11H25N3O2/c1-4-14(8-10(2)7-12)9-11(15)13-5-6-16-3/h10H,4-9,12H2,1-3H3,(H,13,15). The molecule has 1 amide bonds. The minimum Gasteiger partial charge on any atom is -0.383 e. The number of rotatable bonds is 9. The van der Waals surface area contributed by atoms with Gasteiger partial charge in [-0.05, 0) is 19.0 Å². The predicted molar refractivity (Wildman–Crippen MR) is 65.2 cm³/mol. The number of likely N-dealkylation sites (N-methyl/N-ethyl adjacent to an activating group) is 1. The van der Waals surface area contributed by atoms with Crippen molar-refractivity contribution in [2.75, 3.05) is 46.4 Å². The summed E-state index contributed by atoms with van der Waals surface area (Å²) >= 11 is 0. The molecule has 0 aromatic carbocycles. The van der Waals surface area contributed by atoms with Crippen LogP contribution >= 0.6 is 0 Å². The Balaban J connectivity index is 3.78. The van der Waals surface area contributed by atoms with Crippen molar-refractivity contribution in [3.63, 3.8) is 0 Å². The molecule has 0 aromatic heterocycles. The Labute approximate surface area is 98.3 Å². The molecule has 0 bridgehead atoms. The minimum absolute atomic E-state index is 0.0446. The van der Waals surface area contributed by atoms with Crippen molar-refractivity contribution in [3.05, 3.63) is 0 Å². The van der Waals surface area contributed by atoms with Crippen molar-refractivity contribution < 1.29 is 9.53 Å². The Morgan fingerprint density at radius 2 is 2.25 bits per heavy atom. The second-order valence-corrected chi connectivity index (χ2v) is 4.01. The molecule has 96 valence electrons. The highest BCUT2D eigenvalue weighted by Crippen LogP contribution is 1.97. The van der Waals surface area contributed by atoms with Gasteiger partial charge in [0.05, 0.1) is 13.2 Å². The number of nitrogens with two attached hydrogens (primary N) is 1. The van der Waals surface area contributed by atoms with Crippen LogP contribution in [0.3, 0.4) is 0 Å². The Morgan fingerprint density at radius 1 is 1.56 bits per heavy atom. The van der Waals surface area contributed by atoms with E-state index in [1.807, 2.05) is 6.92 Å². The van der Waals surface area contributed by atoms with Crippen molar-refractivity contribution >= 4 is 5.91 Å². The first kappa shape index (κ1) is 15.3. The summed E-state index contributed by atoms with van der Waals surface area (Å²) in [5.41, 5.74) is 5.56. The van der Waals surface area contributed by atoms with Gasteiger partial charge in [-0.25, -0.2) is 0 Å². The first-order chi connectivity index (χ1) is 7.63. The van der Waals surface area contributed by atoms with Crippen LogP contribution in [-0.2, 0) is 9.53 Å². The van der Waals surface area contributed by atoms with Gasteiger partial charge in [-0.3, -0.25) is 9.69 Å². The van der Waals surface area contributed by atoms with Gasteiger partial charge >= 0.3 is 0 Å². The molecule has 1 atom stereocenters. The van der Waals surface area contributed by atoms with Crippen LogP contribution in [-0.4, -0.2) is 57.2 Å². The SMILES string of the molecule is CCN(CC(=O)NCCOC)CC(C)CN. The third kappa shape index (κ3) is 7.62. The summed E-state index contributed by atoms with van der Waals surface area (Å²) in [5.74, 6) is 0.467. The van der Waals surface area contributed by atoms with E-state index < -0.39 is 0 Å².